The Kier molecular flexibility index (Phi) is 3.81. The molecule has 1 nitrogen and oxygen atoms in total. The maximum atomic E-state index is 3.71. The predicted octanol–water partition coefficient (Wildman–Crippen LogP) is 3.66. The van der Waals surface area contributed by atoms with Crippen LogP contribution >= 0.6 is 11.3 Å². The van der Waals surface area contributed by atoms with Crippen LogP contribution in [0.25, 0.3) is 0 Å². The summed E-state index contributed by atoms with van der Waals surface area (Å²) in [6.45, 7) is 5.84. The van der Waals surface area contributed by atoms with E-state index in [4.69, 9.17) is 0 Å². The topological polar surface area (TPSA) is 12.0 Å². The second kappa shape index (κ2) is 5.13. The Labute approximate surface area is 96.9 Å². The van der Waals surface area contributed by atoms with E-state index in [1.165, 1.54) is 24.8 Å². The van der Waals surface area contributed by atoms with Gasteiger partial charge in [-0.15, -0.1) is 0 Å². The van der Waals surface area contributed by atoms with Crippen LogP contribution in [0.15, 0.2) is 16.8 Å². The van der Waals surface area contributed by atoms with E-state index in [1.807, 2.05) is 0 Å². The summed E-state index contributed by atoms with van der Waals surface area (Å²) in [6, 6.07) is 2.95. The van der Waals surface area contributed by atoms with Crippen LogP contribution < -0.4 is 5.32 Å². The summed E-state index contributed by atoms with van der Waals surface area (Å²) in [7, 11) is 0. The molecule has 1 aliphatic carbocycles. The molecule has 0 saturated heterocycles. The first-order chi connectivity index (χ1) is 7.27. The van der Waals surface area contributed by atoms with Crippen LogP contribution in [-0.4, -0.2) is 6.04 Å². The molecule has 15 heavy (non-hydrogen) atoms. The van der Waals surface area contributed by atoms with Crippen LogP contribution in [0.3, 0.4) is 0 Å². The van der Waals surface area contributed by atoms with Gasteiger partial charge in [-0.2, -0.15) is 11.3 Å². The highest BCUT2D eigenvalue weighted by atomic mass is 32.1. The molecule has 2 heteroatoms. The molecule has 0 bridgehead atoms. The molecule has 1 fully saturated rings. The molecule has 1 aromatic heterocycles. The second-order valence-corrected chi connectivity index (χ2v) is 5.67. The van der Waals surface area contributed by atoms with Gasteiger partial charge in [0.15, 0.2) is 0 Å². The van der Waals surface area contributed by atoms with Gasteiger partial charge in [0.2, 0.25) is 0 Å². The van der Waals surface area contributed by atoms with Gasteiger partial charge in [0.25, 0.3) is 0 Å². The first-order valence-electron chi connectivity index (χ1n) is 6.02. The maximum absolute atomic E-state index is 3.71. The Morgan fingerprint density at radius 2 is 2.27 bits per heavy atom. The van der Waals surface area contributed by atoms with E-state index < -0.39 is 0 Å². The number of hydrogen-bond donors (Lipinski definition) is 1. The van der Waals surface area contributed by atoms with Gasteiger partial charge in [-0.1, -0.05) is 26.7 Å². The van der Waals surface area contributed by atoms with Crippen LogP contribution in [0, 0.1) is 11.8 Å². The Bertz CT molecular complexity index is 281. The van der Waals surface area contributed by atoms with Crippen molar-refractivity contribution in [1.82, 2.24) is 5.32 Å². The van der Waals surface area contributed by atoms with E-state index in [9.17, 15) is 0 Å². The molecule has 84 valence electrons. The third-order valence-electron chi connectivity index (χ3n) is 3.86. The quantitative estimate of drug-likeness (QED) is 0.824. The van der Waals surface area contributed by atoms with Gasteiger partial charge in [0.05, 0.1) is 0 Å². The van der Waals surface area contributed by atoms with E-state index in [2.05, 4.69) is 36.0 Å². The molecule has 0 spiro atoms. The molecule has 1 N–H and O–H groups in total. The summed E-state index contributed by atoms with van der Waals surface area (Å²) in [5, 5.41) is 8.11. The molecule has 0 unspecified atom stereocenters. The van der Waals surface area contributed by atoms with Gasteiger partial charge in [0, 0.05) is 12.6 Å². The largest absolute Gasteiger partial charge is 0.310 e. The Morgan fingerprint density at radius 1 is 1.40 bits per heavy atom. The van der Waals surface area contributed by atoms with Crippen molar-refractivity contribution in [2.45, 2.75) is 45.7 Å². The highest BCUT2D eigenvalue weighted by Crippen LogP contribution is 2.29. The van der Waals surface area contributed by atoms with Crippen molar-refractivity contribution in [2.24, 2.45) is 11.8 Å². The summed E-state index contributed by atoms with van der Waals surface area (Å²) < 4.78 is 0. The summed E-state index contributed by atoms with van der Waals surface area (Å²) in [5.41, 5.74) is 1.44. The SMILES string of the molecule is C[C@H]1[C@@H](NCc2ccsc2)CCC[C@@H]1C. The number of rotatable bonds is 3. The second-order valence-electron chi connectivity index (χ2n) is 4.89. The molecule has 1 heterocycles. The Balaban J connectivity index is 1.83. The van der Waals surface area contributed by atoms with Crippen molar-refractivity contribution < 1.29 is 0 Å². The number of thiophene rings is 1. The molecule has 3 atom stereocenters. The average molecular weight is 223 g/mol. The van der Waals surface area contributed by atoms with E-state index in [0.717, 1.165) is 24.4 Å². The van der Waals surface area contributed by atoms with Gasteiger partial charge in [0.1, 0.15) is 0 Å². The smallest absolute Gasteiger partial charge is 0.0216 e. The summed E-state index contributed by atoms with van der Waals surface area (Å²) >= 11 is 1.79. The molecule has 2 rings (SSSR count). The lowest BCUT2D eigenvalue weighted by atomic mass is 9.78. The van der Waals surface area contributed by atoms with Crippen molar-refractivity contribution >= 4 is 11.3 Å². The standard InChI is InChI=1S/C13H21NS/c1-10-4-3-5-13(11(10)2)14-8-12-6-7-15-9-12/h6-7,9-11,13-14H,3-5,8H2,1-2H3/t10-,11+,13-/m0/s1. The molecule has 0 amide bonds. The molecular formula is C13H21NS. The zero-order valence-electron chi connectivity index (χ0n) is 9.70. The van der Waals surface area contributed by atoms with Crippen molar-refractivity contribution in [1.29, 1.82) is 0 Å². The molecular weight excluding hydrogens is 202 g/mol. The van der Waals surface area contributed by atoms with E-state index in [-0.39, 0.29) is 0 Å². The van der Waals surface area contributed by atoms with E-state index in [0.29, 0.717) is 0 Å². The Morgan fingerprint density at radius 3 is 3.00 bits per heavy atom. The molecule has 0 radical (unpaired) electrons. The lowest BCUT2D eigenvalue weighted by Crippen LogP contribution is -2.40. The molecule has 0 aromatic carbocycles. The predicted molar refractivity (Wildman–Crippen MR) is 67.1 cm³/mol. The highest BCUT2D eigenvalue weighted by Gasteiger charge is 2.26. The van der Waals surface area contributed by atoms with E-state index in [1.54, 1.807) is 11.3 Å². The lowest BCUT2D eigenvalue weighted by Gasteiger charge is -2.34. The lowest BCUT2D eigenvalue weighted by molar-refractivity contribution is 0.206. The van der Waals surface area contributed by atoms with Gasteiger partial charge < -0.3 is 5.32 Å². The fraction of sp³-hybridized carbons (Fsp3) is 0.692. The third-order valence-corrected chi connectivity index (χ3v) is 4.59. The van der Waals surface area contributed by atoms with Crippen molar-refractivity contribution in [2.75, 3.05) is 0 Å². The molecule has 0 aliphatic heterocycles. The zero-order chi connectivity index (χ0) is 10.7. The molecule has 1 aromatic rings. The summed E-state index contributed by atoms with van der Waals surface area (Å²) in [4.78, 5) is 0. The first-order valence-corrected chi connectivity index (χ1v) is 6.96. The minimum absolute atomic E-state index is 0.730. The van der Waals surface area contributed by atoms with Crippen LogP contribution in [-0.2, 0) is 6.54 Å². The summed E-state index contributed by atoms with van der Waals surface area (Å²) in [6.07, 6.45) is 4.17. The van der Waals surface area contributed by atoms with Crippen LogP contribution in [0.1, 0.15) is 38.7 Å². The van der Waals surface area contributed by atoms with Gasteiger partial charge in [-0.3, -0.25) is 0 Å². The molecule has 1 saturated carbocycles. The maximum Gasteiger partial charge on any atom is 0.0216 e. The monoisotopic (exact) mass is 223 g/mol. The van der Waals surface area contributed by atoms with Crippen molar-refractivity contribution in [3.63, 3.8) is 0 Å². The van der Waals surface area contributed by atoms with Crippen LogP contribution in [0.5, 0.6) is 0 Å². The van der Waals surface area contributed by atoms with Crippen LogP contribution in [0.2, 0.25) is 0 Å². The number of nitrogens with one attached hydrogen (secondary N) is 1. The Hall–Kier alpha value is -0.340. The van der Waals surface area contributed by atoms with Gasteiger partial charge in [-0.25, -0.2) is 0 Å². The number of hydrogen-bond acceptors (Lipinski definition) is 2. The van der Waals surface area contributed by atoms with E-state index >= 15 is 0 Å². The minimum atomic E-state index is 0.730. The zero-order valence-corrected chi connectivity index (χ0v) is 10.5. The fourth-order valence-electron chi connectivity index (χ4n) is 2.51. The normalized spacial score (nSPS) is 31.7. The minimum Gasteiger partial charge on any atom is -0.310 e. The van der Waals surface area contributed by atoms with Gasteiger partial charge >= 0.3 is 0 Å². The first kappa shape index (κ1) is 11.2. The molecule has 1 aliphatic rings. The summed E-state index contributed by atoms with van der Waals surface area (Å²) in [5.74, 6) is 1.72. The third kappa shape index (κ3) is 2.82. The van der Waals surface area contributed by atoms with Crippen LogP contribution in [0.4, 0.5) is 0 Å². The van der Waals surface area contributed by atoms with Gasteiger partial charge in [-0.05, 0) is 40.6 Å². The van der Waals surface area contributed by atoms with Crippen molar-refractivity contribution in [3.05, 3.63) is 22.4 Å². The van der Waals surface area contributed by atoms with Crippen molar-refractivity contribution in [3.8, 4) is 0 Å². The fourth-order valence-corrected chi connectivity index (χ4v) is 3.18. The highest BCUT2D eigenvalue weighted by molar-refractivity contribution is 7.07. The average Bonchev–Trinajstić information content (AvgIpc) is 2.73.